The van der Waals surface area contributed by atoms with Gasteiger partial charge in [0.15, 0.2) is 0 Å². The van der Waals surface area contributed by atoms with E-state index in [2.05, 4.69) is 81.4 Å². The maximum absolute atomic E-state index is 14.1. The third-order valence-corrected chi connectivity index (χ3v) is 7.60. The van der Waals surface area contributed by atoms with Crippen molar-refractivity contribution in [3.8, 4) is 34.1 Å². The van der Waals surface area contributed by atoms with Crippen LogP contribution in [0.1, 0.15) is 52.7 Å². The van der Waals surface area contributed by atoms with Crippen molar-refractivity contribution in [1.82, 2.24) is 14.5 Å². The molecule has 216 valence electrons. The Morgan fingerprint density at radius 1 is 0.786 bits per heavy atom. The normalized spacial score (nSPS) is 12.1. The molecule has 0 spiro atoms. The topological polar surface area (TPSA) is 50.9 Å². The summed E-state index contributed by atoms with van der Waals surface area (Å²) in [6.07, 6.45) is 1.45. The molecular formula is C36H33FN3OPt-. The number of nitrogens with zero attached hydrogens (tertiary/aromatic N) is 3. The number of halogens is 1. The maximum atomic E-state index is 14.1. The SMILES string of the molecule is CC(C)(C)c1ccc2c(c1)c1cc(C(C)(C)C)c(-c3ccccc3O)[c-]c1n2-c1cccc(-c2cc(F)ccn2)n1.[Pt]. The van der Waals surface area contributed by atoms with Crippen LogP contribution in [0.25, 0.3) is 50.1 Å². The Bertz CT molecular complexity index is 1950. The predicted molar refractivity (Wildman–Crippen MR) is 165 cm³/mol. The van der Waals surface area contributed by atoms with Crippen molar-refractivity contribution in [2.45, 2.75) is 52.4 Å². The molecule has 0 bridgehead atoms. The van der Waals surface area contributed by atoms with E-state index in [1.165, 1.54) is 23.9 Å². The minimum Gasteiger partial charge on any atom is -0.517 e. The van der Waals surface area contributed by atoms with Crippen molar-refractivity contribution < 1.29 is 30.6 Å². The molecule has 0 fully saturated rings. The molecule has 3 aromatic heterocycles. The quantitative estimate of drug-likeness (QED) is 0.185. The summed E-state index contributed by atoms with van der Waals surface area (Å²) in [5, 5.41) is 13.1. The fourth-order valence-corrected chi connectivity index (χ4v) is 5.42. The van der Waals surface area contributed by atoms with Gasteiger partial charge in [0.2, 0.25) is 0 Å². The fourth-order valence-electron chi connectivity index (χ4n) is 5.42. The number of phenols is 1. The van der Waals surface area contributed by atoms with Crippen LogP contribution >= 0.6 is 0 Å². The van der Waals surface area contributed by atoms with Gasteiger partial charge in [-0.15, -0.1) is 23.3 Å². The average molecular weight is 738 g/mol. The van der Waals surface area contributed by atoms with Gasteiger partial charge in [-0.1, -0.05) is 88.9 Å². The van der Waals surface area contributed by atoms with Gasteiger partial charge in [0.05, 0.1) is 17.1 Å². The third kappa shape index (κ3) is 5.27. The smallest absolute Gasteiger partial charge is 0.136 e. The summed E-state index contributed by atoms with van der Waals surface area (Å²) in [5.41, 5.74) is 6.57. The van der Waals surface area contributed by atoms with Gasteiger partial charge >= 0.3 is 0 Å². The predicted octanol–water partition coefficient (Wildman–Crippen LogP) is 9.15. The zero-order chi connectivity index (χ0) is 29.1. The molecule has 3 aromatic carbocycles. The average Bonchev–Trinajstić information content (AvgIpc) is 3.24. The summed E-state index contributed by atoms with van der Waals surface area (Å²) in [6.45, 7) is 13.2. The molecule has 0 amide bonds. The van der Waals surface area contributed by atoms with Crippen LogP contribution in [-0.4, -0.2) is 19.6 Å². The molecular weight excluding hydrogens is 704 g/mol. The van der Waals surface area contributed by atoms with Crippen LogP contribution in [0.3, 0.4) is 0 Å². The number of aromatic nitrogens is 3. The molecule has 0 saturated carbocycles. The fraction of sp³-hybridized carbons (Fsp3) is 0.222. The second-order valence-electron chi connectivity index (χ2n) is 12.6. The van der Waals surface area contributed by atoms with Crippen LogP contribution in [0.4, 0.5) is 4.39 Å². The van der Waals surface area contributed by atoms with E-state index in [0.29, 0.717) is 17.2 Å². The van der Waals surface area contributed by atoms with Crippen LogP contribution in [-0.2, 0) is 31.9 Å². The molecule has 0 unspecified atom stereocenters. The zero-order valence-corrected chi connectivity index (χ0v) is 26.8. The third-order valence-electron chi connectivity index (χ3n) is 7.60. The van der Waals surface area contributed by atoms with Crippen LogP contribution < -0.4 is 0 Å². The van der Waals surface area contributed by atoms with Gasteiger partial charge in [-0.2, -0.15) is 0 Å². The van der Waals surface area contributed by atoms with Crippen LogP contribution in [0.2, 0.25) is 0 Å². The first-order chi connectivity index (χ1) is 19.4. The molecule has 0 saturated heterocycles. The number of hydrogen-bond acceptors (Lipinski definition) is 3. The van der Waals surface area contributed by atoms with Crippen molar-refractivity contribution >= 4 is 21.8 Å². The largest absolute Gasteiger partial charge is 0.517 e. The van der Waals surface area contributed by atoms with Gasteiger partial charge in [0, 0.05) is 38.8 Å². The number of phenolic OH excluding ortho intramolecular Hbond substituents is 1. The van der Waals surface area contributed by atoms with Gasteiger partial charge in [-0.05, 0) is 57.6 Å². The van der Waals surface area contributed by atoms with Crippen molar-refractivity contribution in [3.63, 3.8) is 0 Å². The first-order valence-electron chi connectivity index (χ1n) is 13.8. The van der Waals surface area contributed by atoms with E-state index in [1.807, 2.05) is 36.4 Å². The van der Waals surface area contributed by atoms with Gasteiger partial charge in [0.1, 0.15) is 11.6 Å². The van der Waals surface area contributed by atoms with Gasteiger partial charge in [-0.25, -0.2) is 9.37 Å². The Balaban J connectivity index is 0.00000353. The molecule has 1 N–H and O–H groups in total. The number of rotatable bonds is 3. The Labute approximate surface area is 260 Å². The van der Waals surface area contributed by atoms with E-state index in [9.17, 15) is 9.50 Å². The molecule has 4 nitrogen and oxygen atoms in total. The minimum atomic E-state index is -0.357. The molecule has 0 aliphatic rings. The standard InChI is InChI=1S/C36H33FN3O.Pt/c1-35(2,3)22-14-15-31-26(18-22)27-20-28(36(4,5)6)25(24-10-7-8-12-33(24)41)21-32(27)40(31)34-13-9-11-29(39-34)30-19-23(37)16-17-38-30;/h7-20,41H,1-6H3;/q-1;. The van der Waals surface area contributed by atoms with Crippen molar-refractivity contribution in [1.29, 1.82) is 0 Å². The first kappa shape index (κ1) is 29.7. The van der Waals surface area contributed by atoms with Crippen molar-refractivity contribution in [2.24, 2.45) is 0 Å². The molecule has 0 aliphatic carbocycles. The number of benzene rings is 3. The summed E-state index contributed by atoms with van der Waals surface area (Å²) >= 11 is 0. The molecule has 6 aromatic rings. The molecule has 0 atom stereocenters. The molecule has 3 heterocycles. The monoisotopic (exact) mass is 737 g/mol. The summed E-state index contributed by atoms with van der Waals surface area (Å²) in [5.74, 6) is 0.535. The summed E-state index contributed by atoms with van der Waals surface area (Å²) in [4.78, 5) is 9.30. The second kappa shape index (κ2) is 10.8. The number of pyridine rings is 2. The Kier molecular flexibility index (Phi) is 7.62. The molecule has 42 heavy (non-hydrogen) atoms. The molecule has 6 heteroatoms. The number of para-hydroxylation sites is 1. The Morgan fingerprint density at radius 2 is 1.55 bits per heavy atom. The maximum Gasteiger partial charge on any atom is 0.136 e. The van der Waals surface area contributed by atoms with E-state index in [-0.39, 0.29) is 43.5 Å². The van der Waals surface area contributed by atoms with E-state index in [4.69, 9.17) is 4.98 Å². The molecule has 0 radical (unpaired) electrons. The second-order valence-corrected chi connectivity index (χ2v) is 12.6. The van der Waals surface area contributed by atoms with Crippen LogP contribution in [0.15, 0.2) is 85.1 Å². The van der Waals surface area contributed by atoms with E-state index >= 15 is 0 Å². The van der Waals surface area contributed by atoms with E-state index < -0.39 is 0 Å². The zero-order valence-electron chi connectivity index (χ0n) is 24.6. The summed E-state index contributed by atoms with van der Waals surface area (Å²) in [7, 11) is 0. The molecule has 6 rings (SSSR count). The van der Waals surface area contributed by atoms with Gasteiger partial charge < -0.3 is 9.67 Å². The van der Waals surface area contributed by atoms with E-state index in [1.54, 1.807) is 6.07 Å². The van der Waals surface area contributed by atoms with Crippen molar-refractivity contribution in [2.75, 3.05) is 0 Å². The Hall–Kier alpha value is -3.82. The van der Waals surface area contributed by atoms with Gasteiger partial charge in [0.25, 0.3) is 0 Å². The summed E-state index contributed by atoms with van der Waals surface area (Å²) in [6, 6.07) is 28.4. The number of fused-ring (bicyclic) bond motifs is 3. The number of hydrogen-bond donors (Lipinski definition) is 1. The van der Waals surface area contributed by atoms with Crippen LogP contribution in [0.5, 0.6) is 5.75 Å². The van der Waals surface area contributed by atoms with Gasteiger partial charge in [-0.3, -0.25) is 4.98 Å². The minimum absolute atomic E-state index is 0. The molecule has 0 aliphatic heterocycles. The first-order valence-corrected chi connectivity index (χ1v) is 13.8. The van der Waals surface area contributed by atoms with Crippen molar-refractivity contribution in [3.05, 3.63) is 108 Å². The van der Waals surface area contributed by atoms with E-state index in [0.717, 1.165) is 38.5 Å². The van der Waals surface area contributed by atoms with Crippen LogP contribution in [0, 0.1) is 11.9 Å². The Morgan fingerprint density at radius 3 is 2.24 bits per heavy atom. The summed E-state index contributed by atoms with van der Waals surface area (Å²) < 4.78 is 16.2. The number of aromatic hydroxyl groups is 1.